The third kappa shape index (κ3) is 3.38. The van der Waals surface area contributed by atoms with Gasteiger partial charge >= 0.3 is 5.97 Å². The summed E-state index contributed by atoms with van der Waals surface area (Å²) >= 11 is 6.65. The average Bonchev–Trinajstić information content (AvgIpc) is 3.12. The first-order valence-corrected chi connectivity index (χ1v) is 10.3. The number of hydrogen-bond donors (Lipinski definition) is 1. The van der Waals surface area contributed by atoms with Gasteiger partial charge in [-0.15, -0.1) is 0 Å². The lowest BCUT2D eigenvalue weighted by molar-refractivity contribution is -0.145. The Hall–Kier alpha value is -2.10. The summed E-state index contributed by atoms with van der Waals surface area (Å²) in [5.41, 5.74) is -1.17. The molecule has 0 aliphatic heterocycles. The van der Waals surface area contributed by atoms with Gasteiger partial charge in [0.1, 0.15) is 16.9 Å². The third-order valence-electron chi connectivity index (χ3n) is 5.65. The van der Waals surface area contributed by atoms with Crippen molar-refractivity contribution in [2.24, 2.45) is 16.7 Å². The van der Waals surface area contributed by atoms with Gasteiger partial charge in [-0.05, 0) is 67.1 Å². The topological polar surface area (TPSA) is 70.3 Å². The van der Waals surface area contributed by atoms with E-state index in [9.17, 15) is 15.2 Å². The van der Waals surface area contributed by atoms with E-state index in [2.05, 4.69) is 37.9 Å². The van der Waals surface area contributed by atoms with Crippen LogP contribution < -0.4 is 4.74 Å². The van der Waals surface area contributed by atoms with E-state index < -0.39 is 22.7 Å². The Morgan fingerprint density at radius 2 is 1.82 bits per heavy atom. The molecule has 0 aromatic heterocycles. The minimum atomic E-state index is -1.22. The van der Waals surface area contributed by atoms with Crippen molar-refractivity contribution in [2.75, 3.05) is 0 Å². The molecule has 1 saturated carbocycles. The maximum atomic E-state index is 12.4. The van der Waals surface area contributed by atoms with Crippen LogP contribution in [-0.2, 0) is 4.79 Å². The molecule has 0 bridgehead atoms. The molecule has 0 spiro atoms. The van der Waals surface area contributed by atoms with Crippen LogP contribution in [0.3, 0.4) is 0 Å². The zero-order chi connectivity index (χ0) is 20.5. The van der Waals surface area contributed by atoms with Crippen molar-refractivity contribution in [1.29, 1.82) is 5.26 Å². The van der Waals surface area contributed by atoms with E-state index in [1.807, 2.05) is 50.3 Å². The molecule has 144 valence electrons. The van der Waals surface area contributed by atoms with Gasteiger partial charge in [0.15, 0.2) is 0 Å². The Morgan fingerprint density at radius 1 is 1.18 bits per heavy atom. The molecular formula is C22H19Br2NO3. The fraction of sp³-hybridized carbons (Fsp3) is 0.273. The molecule has 0 radical (unpaired) electrons. The van der Waals surface area contributed by atoms with Crippen LogP contribution in [0.1, 0.15) is 25.3 Å². The Kier molecular flexibility index (Phi) is 5.69. The second kappa shape index (κ2) is 7.73. The Bertz CT molecular complexity index is 961. The number of ether oxygens (including phenoxy) is 1. The Labute approximate surface area is 181 Å². The van der Waals surface area contributed by atoms with Gasteiger partial charge in [-0.3, -0.25) is 4.79 Å². The lowest BCUT2D eigenvalue weighted by Gasteiger charge is -2.22. The second-order valence-electron chi connectivity index (χ2n) is 7.38. The monoisotopic (exact) mass is 503 g/mol. The van der Waals surface area contributed by atoms with Gasteiger partial charge in [0.05, 0.1) is 15.4 Å². The predicted molar refractivity (Wildman–Crippen MR) is 115 cm³/mol. The predicted octanol–water partition coefficient (Wildman–Crippen LogP) is 6.44. The number of carboxylic acids is 1. The number of aliphatic carboxylic acids is 1. The summed E-state index contributed by atoms with van der Waals surface area (Å²) in [6.07, 6.45) is 1.82. The fourth-order valence-corrected chi connectivity index (χ4v) is 4.74. The van der Waals surface area contributed by atoms with Crippen molar-refractivity contribution < 1.29 is 14.6 Å². The number of benzene rings is 2. The van der Waals surface area contributed by atoms with Crippen LogP contribution in [0.4, 0.5) is 0 Å². The zero-order valence-electron chi connectivity index (χ0n) is 15.4. The van der Waals surface area contributed by atoms with Gasteiger partial charge in [0.25, 0.3) is 0 Å². The standard InChI is InChI=1S/C22H19Br2NO3/c1-21(2)18(12-19(23)24)22(21,20(26)27)17(13-25)14-7-6-10-16(11-14)28-15-8-4-3-5-9-15/h3-12,17-18H,1-2H3,(H,26,27)/t17-,18+,22+/m0/s1. The number of carbonyl (C=O) groups is 1. The van der Waals surface area contributed by atoms with Crippen molar-refractivity contribution in [1.82, 2.24) is 0 Å². The molecule has 28 heavy (non-hydrogen) atoms. The average molecular weight is 505 g/mol. The van der Waals surface area contributed by atoms with E-state index in [0.717, 1.165) is 0 Å². The van der Waals surface area contributed by atoms with Crippen LogP contribution >= 0.6 is 31.9 Å². The van der Waals surface area contributed by atoms with Crippen molar-refractivity contribution in [3.63, 3.8) is 0 Å². The largest absolute Gasteiger partial charge is 0.481 e. The number of allylic oxidation sites excluding steroid dienone is 1. The van der Waals surface area contributed by atoms with Crippen molar-refractivity contribution in [3.05, 3.63) is 69.6 Å². The summed E-state index contributed by atoms with van der Waals surface area (Å²) in [7, 11) is 0. The number of para-hydroxylation sites is 1. The quantitative estimate of drug-likeness (QED) is 0.491. The summed E-state index contributed by atoms with van der Waals surface area (Å²) < 4.78 is 6.55. The minimum Gasteiger partial charge on any atom is -0.481 e. The summed E-state index contributed by atoms with van der Waals surface area (Å²) in [5.74, 6) is -0.843. The number of nitrogens with zero attached hydrogens (tertiary/aromatic N) is 1. The molecule has 0 unspecified atom stereocenters. The van der Waals surface area contributed by atoms with Crippen LogP contribution in [0.25, 0.3) is 0 Å². The highest BCUT2D eigenvalue weighted by atomic mass is 79.9. The molecule has 4 nitrogen and oxygen atoms in total. The van der Waals surface area contributed by atoms with Crippen LogP contribution in [-0.4, -0.2) is 11.1 Å². The first-order chi connectivity index (χ1) is 13.2. The number of halogens is 2. The highest BCUT2D eigenvalue weighted by Gasteiger charge is 2.78. The Balaban J connectivity index is 2.01. The van der Waals surface area contributed by atoms with Crippen LogP contribution in [0.15, 0.2) is 64.1 Å². The number of carboxylic acid groups (broad SMARTS) is 1. The lowest BCUT2D eigenvalue weighted by Crippen LogP contribution is -2.28. The maximum absolute atomic E-state index is 12.4. The van der Waals surface area contributed by atoms with Crippen LogP contribution in [0.5, 0.6) is 11.5 Å². The molecular weight excluding hydrogens is 486 g/mol. The third-order valence-corrected chi connectivity index (χ3v) is 6.18. The van der Waals surface area contributed by atoms with Crippen molar-refractivity contribution in [2.45, 2.75) is 19.8 Å². The van der Waals surface area contributed by atoms with Crippen LogP contribution in [0.2, 0.25) is 0 Å². The molecule has 1 aliphatic carbocycles. The number of hydrogen-bond acceptors (Lipinski definition) is 3. The van der Waals surface area contributed by atoms with Gasteiger partial charge in [-0.1, -0.05) is 50.3 Å². The fourth-order valence-electron chi connectivity index (χ4n) is 4.21. The first kappa shape index (κ1) is 20.6. The van der Waals surface area contributed by atoms with E-state index in [4.69, 9.17) is 4.74 Å². The normalized spacial score (nSPS) is 23.2. The molecule has 0 saturated heterocycles. The van der Waals surface area contributed by atoms with Gasteiger partial charge in [0.2, 0.25) is 0 Å². The van der Waals surface area contributed by atoms with Crippen LogP contribution in [0, 0.1) is 28.1 Å². The SMILES string of the molecule is CC1(C)[C@@H](C=C(Br)Br)[C@@]1(C(=O)O)[C@@H](C#N)c1cccc(Oc2ccccc2)c1. The smallest absolute Gasteiger partial charge is 0.312 e. The highest BCUT2D eigenvalue weighted by Crippen LogP contribution is 2.75. The highest BCUT2D eigenvalue weighted by molar-refractivity contribution is 9.28. The first-order valence-electron chi connectivity index (χ1n) is 8.73. The van der Waals surface area contributed by atoms with Gasteiger partial charge < -0.3 is 9.84 Å². The molecule has 1 aliphatic rings. The summed E-state index contributed by atoms with van der Waals surface area (Å²) in [6.45, 7) is 3.78. The zero-order valence-corrected chi connectivity index (χ0v) is 18.6. The maximum Gasteiger partial charge on any atom is 0.312 e. The van der Waals surface area contributed by atoms with E-state index >= 15 is 0 Å². The molecule has 1 N–H and O–H groups in total. The van der Waals surface area contributed by atoms with E-state index in [0.29, 0.717) is 20.5 Å². The molecule has 0 heterocycles. The molecule has 3 atom stereocenters. The summed E-state index contributed by atoms with van der Waals surface area (Å²) in [4.78, 5) is 12.4. The molecule has 1 fully saturated rings. The molecule has 0 amide bonds. The number of rotatable bonds is 6. The van der Waals surface area contributed by atoms with Gasteiger partial charge in [-0.2, -0.15) is 5.26 Å². The molecule has 6 heteroatoms. The van der Waals surface area contributed by atoms with Gasteiger partial charge in [-0.25, -0.2) is 0 Å². The van der Waals surface area contributed by atoms with Gasteiger partial charge in [0, 0.05) is 5.92 Å². The van der Waals surface area contributed by atoms with Crippen molar-refractivity contribution >= 4 is 37.8 Å². The van der Waals surface area contributed by atoms with E-state index in [-0.39, 0.29) is 5.92 Å². The summed E-state index contributed by atoms with van der Waals surface area (Å²) in [6, 6.07) is 18.7. The molecule has 2 aromatic rings. The number of nitriles is 1. The molecule has 2 aromatic carbocycles. The minimum absolute atomic E-state index is 0.297. The summed E-state index contributed by atoms with van der Waals surface area (Å²) in [5, 5.41) is 20.1. The van der Waals surface area contributed by atoms with Crippen molar-refractivity contribution in [3.8, 4) is 17.6 Å². The van der Waals surface area contributed by atoms with E-state index in [1.165, 1.54) is 0 Å². The van der Waals surface area contributed by atoms with E-state index in [1.54, 1.807) is 24.3 Å². The molecule has 3 rings (SSSR count). The second-order valence-corrected chi connectivity index (χ2v) is 10.2. The Morgan fingerprint density at radius 3 is 2.39 bits per heavy atom. The lowest BCUT2D eigenvalue weighted by atomic mass is 9.78.